The third-order valence-corrected chi connectivity index (χ3v) is 11.9. The maximum absolute atomic E-state index is 14.1. The molecule has 5 heteroatoms. The second kappa shape index (κ2) is 10.2. The van der Waals surface area contributed by atoms with Gasteiger partial charge in [0.2, 0.25) is 9.84 Å². The topological polar surface area (TPSA) is 52.0 Å². The van der Waals surface area contributed by atoms with E-state index in [-0.39, 0.29) is 0 Å². The fourth-order valence-corrected chi connectivity index (χ4v) is 9.53. The van der Waals surface area contributed by atoms with Crippen LogP contribution in [0.5, 0.6) is 0 Å². The fraction of sp³-hybridized carbons (Fsp3) is 0.0227. The number of aromatic nitrogens is 2. The number of hydrogen-bond acceptors (Lipinski definition) is 3. The highest BCUT2D eigenvalue weighted by molar-refractivity contribution is 7.92. The lowest BCUT2D eigenvalue weighted by molar-refractivity contribution is 0.594. The molecule has 49 heavy (non-hydrogen) atoms. The van der Waals surface area contributed by atoms with Crippen LogP contribution < -0.4 is 0 Å². The molecule has 0 aliphatic carbocycles. The van der Waals surface area contributed by atoms with Crippen LogP contribution in [0.4, 0.5) is 0 Å². The van der Waals surface area contributed by atoms with E-state index in [0.29, 0.717) is 26.5 Å². The van der Waals surface area contributed by atoms with E-state index in [0.717, 1.165) is 44.4 Å². The molecule has 0 unspecified atom stereocenters. The Hall–Kier alpha value is -6.04. The summed E-state index contributed by atoms with van der Waals surface area (Å²) in [4.78, 5) is 5.27. The summed E-state index contributed by atoms with van der Waals surface area (Å²) >= 11 is 0. The monoisotopic (exact) mass is 648 g/mol. The quantitative estimate of drug-likeness (QED) is 0.179. The molecule has 1 aliphatic rings. The van der Waals surface area contributed by atoms with Crippen LogP contribution in [0.15, 0.2) is 161 Å². The van der Waals surface area contributed by atoms with Gasteiger partial charge in [0.15, 0.2) is 0 Å². The van der Waals surface area contributed by atoms with Crippen LogP contribution in [0.3, 0.4) is 0 Å². The van der Waals surface area contributed by atoms with Crippen LogP contribution in [0.1, 0.15) is 5.82 Å². The number of rotatable bonds is 3. The number of fused-ring (bicyclic) bond motifs is 5. The highest BCUT2D eigenvalue weighted by Crippen LogP contribution is 2.46. The Balaban J connectivity index is 1.27. The Labute approximate surface area is 283 Å². The summed E-state index contributed by atoms with van der Waals surface area (Å²) in [5.74, 6) is 0.761. The van der Waals surface area contributed by atoms with Gasteiger partial charge in [0.1, 0.15) is 5.82 Å². The summed E-state index contributed by atoms with van der Waals surface area (Å²) in [5.41, 5.74) is 8.40. The van der Waals surface area contributed by atoms with Gasteiger partial charge in [0, 0.05) is 0 Å². The minimum Gasteiger partial charge on any atom is -0.294 e. The van der Waals surface area contributed by atoms with Gasteiger partial charge in [0.05, 0.1) is 26.5 Å². The first-order valence-corrected chi connectivity index (χ1v) is 17.9. The zero-order valence-electron chi connectivity index (χ0n) is 26.6. The molecule has 0 fully saturated rings. The number of nitrogens with zero attached hydrogens (tertiary/aromatic N) is 2. The summed E-state index contributed by atoms with van der Waals surface area (Å²) in [5, 5.41) is 7.01. The van der Waals surface area contributed by atoms with Crippen LogP contribution in [0.25, 0.3) is 82.4 Å². The smallest absolute Gasteiger partial charge is 0.210 e. The first-order valence-electron chi connectivity index (χ1n) is 16.4. The highest BCUT2D eigenvalue weighted by Gasteiger charge is 2.33. The second-order valence-corrected chi connectivity index (χ2v) is 14.7. The molecule has 0 spiro atoms. The lowest BCUT2D eigenvalue weighted by Gasteiger charge is -2.22. The molecule has 0 saturated heterocycles. The predicted molar refractivity (Wildman–Crippen MR) is 200 cm³/mol. The van der Waals surface area contributed by atoms with Crippen molar-refractivity contribution in [3.8, 4) is 39.1 Å². The van der Waals surface area contributed by atoms with Gasteiger partial charge >= 0.3 is 0 Å². The van der Waals surface area contributed by atoms with E-state index in [2.05, 4.69) is 114 Å². The summed E-state index contributed by atoms with van der Waals surface area (Å²) in [6, 6.07) is 52.1. The third kappa shape index (κ3) is 4.03. The largest absolute Gasteiger partial charge is 0.294 e. The van der Waals surface area contributed by atoms with E-state index in [9.17, 15) is 8.42 Å². The van der Waals surface area contributed by atoms with Gasteiger partial charge in [-0.1, -0.05) is 115 Å². The van der Waals surface area contributed by atoms with E-state index in [1.165, 1.54) is 27.1 Å². The van der Waals surface area contributed by atoms with E-state index in [1.807, 2.05) is 41.8 Å². The van der Waals surface area contributed by atoms with Crippen molar-refractivity contribution in [1.82, 2.24) is 9.55 Å². The Morgan fingerprint density at radius 2 is 1.14 bits per heavy atom. The maximum Gasteiger partial charge on any atom is 0.210 e. The molecule has 8 aromatic carbocycles. The Kier molecular flexibility index (Phi) is 5.85. The minimum absolute atomic E-state index is 0.296. The zero-order chi connectivity index (χ0) is 32.9. The summed E-state index contributed by atoms with van der Waals surface area (Å²) in [6.07, 6.45) is 0. The van der Waals surface area contributed by atoms with Gasteiger partial charge < -0.3 is 0 Å². The van der Waals surface area contributed by atoms with E-state index in [1.54, 1.807) is 12.1 Å². The normalized spacial score (nSPS) is 13.3. The summed E-state index contributed by atoms with van der Waals surface area (Å²) < 4.78 is 30.3. The lowest BCUT2D eigenvalue weighted by Crippen LogP contribution is -2.15. The van der Waals surface area contributed by atoms with Gasteiger partial charge in [0.25, 0.3) is 0 Å². The molecule has 0 bridgehead atoms. The van der Waals surface area contributed by atoms with Crippen molar-refractivity contribution in [2.75, 3.05) is 0 Å². The lowest BCUT2D eigenvalue weighted by atomic mass is 9.84. The SMILES string of the molecule is Cc1nc2cccc3c2n1-c1ccc(-c2ccc4c(-c5ccccc5)c5ccccc5c(-c5ccc6ccccc6c5)c4c2)cc1S3(=O)=O. The standard InChI is InChI=1S/C44H28N2O2S/c1-27-45-38-16-9-17-40-44(38)46(27)39-23-21-32(26-41(39)49(40,47)48)31-20-22-36-37(25-31)43(33-19-18-28-10-5-6-13-30(28)24-33)35-15-8-7-14-34(35)42(36)29-11-3-2-4-12-29/h2-26H,1H3. The third-order valence-electron chi connectivity index (χ3n) is 10.0. The van der Waals surface area contributed by atoms with Crippen molar-refractivity contribution >= 4 is 53.2 Å². The number of imidazole rings is 1. The van der Waals surface area contributed by atoms with E-state index >= 15 is 0 Å². The first kappa shape index (κ1) is 28.0. The number of benzene rings is 8. The minimum atomic E-state index is -3.77. The van der Waals surface area contributed by atoms with Crippen molar-refractivity contribution < 1.29 is 8.42 Å². The molecule has 10 rings (SSSR count). The average Bonchev–Trinajstić information content (AvgIpc) is 3.48. The van der Waals surface area contributed by atoms with Crippen molar-refractivity contribution in [2.24, 2.45) is 0 Å². The fourth-order valence-electron chi connectivity index (χ4n) is 7.87. The molecule has 0 amide bonds. The Bertz CT molecular complexity index is 2960. The van der Waals surface area contributed by atoms with Gasteiger partial charge in [-0.25, -0.2) is 13.4 Å². The second-order valence-electron chi connectivity index (χ2n) is 12.8. The molecule has 2 heterocycles. The van der Waals surface area contributed by atoms with E-state index in [4.69, 9.17) is 0 Å². The van der Waals surface area contributed by atoms with Crippen LogP contribution in [-0.4, -0.2) is 18.0 Å². The van der Waals surface area contributed by atoms with Crippen molar-refractivity contribution in [2.45, 2.75) is 16.7 Å². The Morgan fingerprint density at radius 1 is 0.490 bits per heavy atom. The maximum atomic E-state index is 14.1. The number of aryl methyl sites for hydroxylation is 1. The molecule has 1 aromatic heterocycles. The molecular formula is C44H28N2O2S. The zero-order valence-corrected chi connectivity index (χ0v) is 27.4. The molecule has 0 N–H and O–H groups in total. The first-order chi connectivity index (χ1) is 24.0. The highest BCUT2D eigenvalue weighted by atomic mass is 32.2. The van der Waals surface area contributed by atoms with Gasteiger partial charge in [-0.05, 0) is 109 Å². The van der Waals surface area contributed by atoms with Crippen molar-refractivity contribution in [3.63, 3.8) is 0 Å². The molecule has 1 aliphatic heterocycles. The van der Waals surface area contributed by atoms with Gasteiger partial charge in [-0.15, -0.1) is 0 Å². The molecule has 4 nitrogen and oxygen atoms in total. The number of sulfone groups is 1. The molecule has 232 valence electrons. The number of para-hydroxylation sites is 1. The molecule has 0 atom stereocenters. The molecule has 9 aromatic rings. The van der Waals surface area contributed by atoms with Crippen molar-refractivity contribution in [1.29, 1.82) is 0 Å². The Morgan fingerprint density at radius 3 is 1.96 bits per heavy atom. The van der Waals surface area contributed by atoms with Crippen LogP contribution in [0.2, 0.25) is 0 Å². The molecule has 0 saturated carbocycles. The van der Waals surface area contributed by atoms with Crippen molar-refractivity contribution in [3.05, 3.63) is 157 Å². The molecule has 0 radical (unpaired) electrons. The average molecular weight is 649 g/mol. The predicted octanol–water partition coefficient (Wildman–Crippen LogP) is 10.9. The van der Waals surface area contributed by atoms with Crippen LogP contribution in [-0.2, 0) is 9.84 Å². The molecular weight excluding hydrogens is 621 g/mol. The van der Waals surface area contributed by atoms with Gasteiger partial charge in [-0.2, -0.15) is 0 Å². The van der Waals surface area contributed by atoms with E-state index < -0.39 is 9.84 Å². The van der Waals surface area contributed by atoms with Crippen LogP contribution >= 0.6 is 0 Å². The summed E-state index contributed by atoms with van der Waals surface area (Å²) in [6.45, 7) is 1.92. The van der Waals surface area contributed by atoms with Crippen LogP contribution in [0, 0.1) is 6.92 Å². The number of hydrogen-bond donors (Lipinski definition) is 0. The van der Waals surface area contributed by atoms with Gasteiger partial charge in [-0.3, -0.25) is 4.57 Å². The summed E-state index contributed by atoms with van der Waals surface area (Å²) in [7, 11) is -3.77.